The van der Waals surface area contributed by atoms with Gasteiger partial charge in [0.15, 0.2) is 0 Å². The standard InChI is InChI=1S/C18H14Br2S/c1-21-17-9-5-4-8-15(17)18(20)14-10-11-16(19)13-7-3-2-6-12(13)14/h2-11,18H,1H3. The number of fused-ring (bicyclic) bond motifs is 1. The van der Waals surface area contributed by atoms with Crippen molar-refractivity contribution in [3.63, 3.8) is 0 Å². The van der Waals surface area contributed by atoms with Gasteiger partial charge in [0.05, 0.1) is 4.83 Å². The molecule has 0 heterocycles. The fourth-order valence-corrected chi connectivity index (χ4v) is 4.61. The molecule has 3 aromatic rings. The van der Waals surface area contributed by atoms with Gasteiger partial charge in [0.1, 0.15) is 0 Å². The first-order valence-electron chi connectivity index (χ1n) is 6.66. The monoisotopic (exact) mass is 420 g/mol. The molecule has 0 radical (unpaired) electrons. The third kappa shape index (κ3) is 2.92. The van der Waals surface area contributed by atoms with Crippen LogP contribution in [-0.4, -0.2) is 6.26 Å². The fourth-order valence-electron chi connectivity index (χ4n) is 2.55. The van der Waals surface area contributed by atoms with Crippen LogP contribution in [0.2, 0.25) is 0 Å². The number of halogens is 2. The summed E-state index contributed by atoms with van der Waals surface area (Å²) in [5.41, 5.74) is 2.62. The average Bonchev–Trinajstić information content (AvgIpc) is 2.55. The Morgan fingerprint density at radius 1 is 0.810 bits per heavy atom. The predicted octanol–water partition coefficient (Wildman–Crippen LogP) is 6.81. The summed E-state index contributed by atoms with van der Waals surface area (Å²) in [6.45, 7) is 0. The number of hydrogen-bond donors (Lipinski definition) is 0. The molecule has 21 heavy (non-hydrogen) atoms. The first-order chi connectivity index (χ1) is 10.2. The summed E-state index contributed by atoms with van der Waals surface area (Å²) in [6.07, 6.45) is 2.12. The molecule has 0 N–H and O–H groups in total. The molecule has 1 unspecified atom stereocenters. The summed E-state index contributed by atoms with van der Waals surface area (Å²) in [7, 11) is 0. The van der Waals surface area contributed by atoms with Crippen LogP contribution in [-0.2, 0) is 0 Å². The van der Waals surface area contributed by atoms with E-state index in [-0.39, 0.29) is 4.83 Å². The lowest BCUT2D eigenvalue weighted by Gasteiger charge is -2.17. The Morgan fingerprint density at radius 3 is 2.24 bits per heavy atom. The Kier molecular flexibility index (Phi) is 4.72. The predicted molar refractivity (Wildman–Crippen MR) is 101 cm³/mol. The zero-order valence-corrected chi connectivity index (χ0v) is 15.5. The first kappa shape index (κ1) is 15.1. The van der Waals surface area contributed by atoms with Gasteiger partial charge in [0.2, 0.25) is 0 Å². The van der Waals surface area contributed by atoms with Crippen molar-refractivity contribution in [1.82, 2.24) is 0 Å². The van der Waals surface area contributed by atoms with Crippen molar-refractivity contribution >= 4 is 54.4 Å². The molecule has 0 aliphatic rings. The van der Waals surface area contributed by atoms with Crippen LogP contribution < -0.4 is 0 Å². The van der Waals surface area contributed by atoms with Gasteiger partial charge in [-0.2, -0.15) is 0 Å². The van der Waals surface area contributed by atoms with Gasteiger partial charge in [-0.1, -0.05) is 80.4 Å². The minimum Gasteiger partial charge on any atom is -0.129 e. The topological polar surface area (TPSA) is 0 Å². The minimum absolute atomic E-state index is 0.194. The van der Waals surface area contributed by atoms with E-state index in [1.165, 1.54) is 26.8 Å². The van der Waals surface area contributed by atoms with Crippen molar-refractivity contribution in [3.8, 4) is 0 Å². The molecule has 0 spiro atoms. The normalized spacial score (nSPS) is 12.5. The molecule has 0 aromatic heterocycles. The van der Waals surface area contributed by atoms with Crippen LogP contribution in [0.4, 0.5) is 0 Å². The van der Waals surface area contributed by atoms with Gasteiger partial charge in [-0.15, -0.1) is 11.8 Å². The third-order valence-corrected chi connectivity index (χ3v) is 6.08. The van der Waals surface area contributed by atoms with E-state index in [2.05, 4.69) is 98.8 Å². The zero-order valence-electron chi connectivity index (χ0n) is 11.5. The summed E-state index contributed by atoms with van der Waals surface area (Å²) in [5, 5.41) is 2.53. The Hall–Kier alpha value is -0.770. The molecule has 1 atom stereocenters. The second-order valence-electron chi connectivity index (χ2n) is 4.79. The maximum absolute atomic E-state index is 3.90. The lowest BCUT2D eigenvalue weighted by molar-refractivity contribution is 1.13. The first-order valence-corrected chi connectivity index (χ1v) is 9.60. The molecule has 0 aliphatic heterocycles. The molecular weight excluding hydrogens is 408 g/mol. The maximum Gasteiger partial charge on any atom is 0.0661 e. The van der Waals surface area contributed by atoms with Crippen LogP contribution in [0.25, 0.3) is 10.8 Å². The number of hydrogen-bond acceptors (Lipinski definition) is 1. The van der Waals surface area contributed by atoms with Gasteiger partial charge in [-0.25, -0.2) is 0 Å². The molecule has 0 aliphatic carbocycles. The second kappa shape index (κ2) is 6.55. The van der Waals surface area contributed by atoms with Gasteiger partial charge < -0.3 is 0 Å². The lowest BCUT2D eigenvalue weighted by Crippen LogP contribution is -1.96. The zero-order chi connectivity index (χ0) is 14.8. The van der Waals surface area contributed by atoms with E-state index in [0.717, 1.165) is 4.47 Å². The van der Waals surface area contributed by atoms with Gasteiger partial charge in [-0.3, -0.25) is 0 Å². The molecule has 0 fully saturated rings. The molecule has 0 nitrogen and oxygen atoms in total. The van der Waals surface area contributed by atoms with E-state index in [9.17, 15) is 0 Å². The highest BCUT2D eigenvalue weighted by Gasteiger charge is 2.16. The molecule has 3 heteroatoms. The van der Waals surface area contributed by atoms with E-state index in [1.54, 1.807) is 11.8 Å². The molecule has 0 bridgehead atoms. The molecule has 106 valence electrons. The summed E-state index contributed by atoms with van der Waals surface area (Å²) < 4.78 is 1.14. The molecule has 0 amide bonds. The second-order valence-corrected chi connectivity index (χ2v) is 7.40. The fraction of sp³-hybridized carbons (Fsp3) is 0.111. The molecule has 3 aromatic carbocycles. The van der Waals surface area contributed by atoms with Crippen LogP contribution in [0.3, 0.4) is 0 Å². The van der Waals surface area contributed by atoms with Crippen LogP contribution in [0, 0.1) is 0 Å². The average molecular weight is 422 g/mol. The van der Waals surface area contributed by atoms with Gasteiger partial charge in [-0.05, 0) is 40.3 Å². The summed E-state index contributed by atoms with van der Waals surface area (Å²) in [6, 6.07) is 21.4. The smallest absolute Gasteiger partial charge is 0.0661 e. The van der Waals surface area contributed by atoms with Crippen LogP contribution in [0.5, 0.6) is 0 Å². The number of rotatable bonds is 3. The van der Waals surface area contributed by atoms with E-state index in [4.69, 9.17) is 0 Å². The van der Waals surface area contributed by atoms with Gasteiger partial charge in [0, 0.05) is 9.37 Å². The molecule has 3 rings (SSSR count). The van der Waals surface area contributed by atoms with Crippen molar-refractivity contribution in [2.45, 2.75) is 9.72 Å². The molecule has 0 saturated carbocycles. The van der Waals surface area contributed by atoms with Crippen molar-refractivity contribution in [1.29, 1.82) is 0 Å². The lowest BCUT2D eigenvalue weighted by atomic mass is 9.98. The largest absolute Gasteiger partial charge is 0.129 e. The van der Waals surface area contributed by atoms with Crippen molar-refractivity contribution in [2.24, 2.45) is 0 Å². The summed E-state index contributed by atoms with van der Waals surface area (Å²) >= 11 is 9.34. The number of benzene rings is 3. The SMILES string of the molecule is CSc1ccccc1C(Br)c1ccc(Br)c2ccccc12. The Bertz CT molecular complexity index is 783. The number of alkyl halides is 1. The quantitative estimate of drug-likeness (QED) is 0.330. The van der Waals surface area contributed by atoms with Crippen LogP contribution >= 0.6 is 43.6 Å². The van der Waals surface area contributed by atoms with Crippen LogP contribution in [0.1, 0.15) is 16.0 Å². The highest BCUT2D eigenvalue weighted by atomic mass is 79.9. The molecule has 0 saturated heterocycles. The minimum atomic E-state index is 0.194. The van der Waals surface area contributed by atoms with E-state index >= 15 is 0 Å². The van der Waals surface area contributed by atoms with E-state index in [0.29, 0.717) is 0 Å². The Labute approximate surface area is 146 Å². The highest BCUT2D eigenvalue weighted by Crippen LogP contribution is 2.40. The van der Waals surface area contributed by atoms with Crippen molar-refractivity contribution < 1.29 is 0 Å². The highest BCUT2D eigenvalue weighted by molar-refractivity contribution is 9.10. The van der Waals surface area contributed by atoms with E-state index < -0.39 is 0 Å². The third-order valence-electron chi connectivity index (χ3n) is 3.59. The Morgan fingerprint density at radius 2 is 1.48 bits per heavy atom. The van der Waals surface area contributed by atoms with Crippen LogP contribution in [0.15, 0.2) is 70.0 Å². The van der Waals surface area contributed by atoms with Gasteiger partial charge >= 0.3 is 0 Å². The summed E-state index contributed by atoms with van der Waals surface area (Å²) in [5.74, 6) is 0. The van der Waals surface area contributed by atoms with Crippen molar-refractivity contribution in [3.05, 3.63) is 76.3 Å². The Balaban J connectivity index is 2.18. The molecular formula is C18H14Br2S. The van der Waals surface area contributed by atoms with Gasteiger partial charge in [0.25, 0.3) is 0 Å². The summed E-state index contributed by atoms with van der Waals surface area (Å²) in [4.78, 5) is 1.51. The van der Waals surface area contributed by atoms with Crippen molar-refractivity contribution in [2.75, 3.05) is 6.26 Å². The van der Waals surface area contributed by atoms with E-state index in [1.807, 2.05) is 0 Å². The maximum atomic E-state index is 3.90. The number of thioether (sulfide) groups is 1.